The highest BCUT2D eigenvalue weighted by Gasteiger charge is 2.14. The Bertz CT molecular complexity index is 714. The summed E-state index contributed by atoms with van der Waals surface area (Å²) in [5.74, 6) is -0.777. The summed E-state index contributed by atoms with van der Waals surface area (Å²) >= 11 is 11.9. The van der Waals surface area contributed by atoms with Gasteiger partial charge in [0.05, 0.1) is 28.4 Å². The first kappa shape index (κ1) is 17.1. The van der Waals surface area contributed by atoms with E-state index in [1.54, 1.807) is 42.5 Å². The molecule has 0 aliphatic heterocycles. The molecule has 1 N–H and O–H groups in total. The highest BCUT2D eigenvalue weighted by molar-refractivity contribution is 6.37. The lowest BCUT2D eigenvalue weighted by Crippen LogP contribution is -2.22. The number of rotatable bonds is 5. The van der Waals surface area contributed by atoms with E-state index in [-0.39, 0.29) is 17.9 Å². The number of methoxy groups -OCH3 is 1. The Morgan fingerprint density at radius 2 is 1.70 bits per heavy atom. The van der Waals surface area contributed by atoms with Gasteiger partial charge in [-0.05, 0) is 24.3 Å². The third-order valence-electron chi connectivity index (χ3n) is 2.87. The Hall–Kier alpha value is -2.24. The van der Waals surface area contributed by atoms with E-state index in [2.05, 4.69) is 10.1 Å². The molecule has 23 heavy (non-hydrogen) atoms. The number of carbonyl (C=O) groups excluding carboxylic acids is 2. The van der Waals surface area contributed by atoms with Gasteiger partial charge in [0.2, 0.25) is 0 Å². The molecular weight excluding hydrogens is 341 g/mol. The van der Waals surface area contributed by atoms with Crippen molar-refractivity contribution >= 4 is 40.8 Å². The van der Waals surface area contributed by atoms with Crippen molar-refractivity contribution in [2.75, 3.05) is 19.0 Å². The zero-order valence-electron chi connectivity index (χ0n) is 12.1. The first-order valence-corrected chi connectivity index (χ1v) is 7.32. The van der Waals surface area contributed by atoms with Crippen LogP contribution in [-0.4, -0.2) is 25.6 Å². The van der Waals surface area contributed by atoms with Gasteiger partial charge in [0.15, 0.2) is 12.4 Å². The molecule has 2 rings (SSSR count). The minimum atomic E-state index is -0.545. The second kappa shape index (κ2) is 7.85. The summed E-state index contributed by atoms with van der Waals surface area (Å²) in [6, 6.07) is 11.4. The van der Waals surface area contributed by atoms with Gasteiger partial charge < -0.3 is 14.8 Å². The van der Waals surface area contributed by atoms with Crippen molar-refractivity contribution in [3.8, 4) is 5.75 Å². The van der Waals surface area contributed by atoms with Crippen molar-refractivity contribution in [3.63, 3.8) is 0 Å². The van der Waals surface area contributed by atoms with Gasteiger partial charge in [0.1, 0.15) is 0 Å². The van der Waals surface area contributed by atoms with Gasteiger partial charge in [0.25, 0.3) is 5.91 Å². The number of benzene rings is 2. The number of nitrogens with one attached hydrogen (secondary N) is 1. The minimum Gasteiger partial charge on any atom is -0.481 e. The van der Waals surface area contributed by atoms with Gasteiger partial charge in [-0.3, -0.25) is 4.79 Å². The number of para-hydroxylation sites is 2. The maximum Gasteiger partial charge on any atom is 0.339 e. The van der Waals surface area contributed by atoms with E-state index < -0.39 is 11.9 Å². The van der Waals surface area contributed by atoms with Crippen molar-refractivity contribution < 1.29 is 19.1 Å². The van der Waals surface area contributed by atoms with E-state index in [1.165, 1.54) is 7.11 Å². The molecule has 0 saturated heterocycles. The predicted octanol–water partition coefficient (Wildman–Crippen LogP) is 3.80. The van der Waals surface area contributed by atoms with Gasteiger partial charge in [-0.25, -0.2) is 4.79 Å². The molecule has 0 aromatic heterocycles. The zero-order valence-corrected chi connectivity index (χ0v) is 13.6. The van der Waals surface area contributed by atoms with Crippen LogP contribution in [0.2, 0.25) is 10.0 Å². The van der Waals surface area contributed by atoms with Crippen molar-refractivity contribution in [2.24, 2.45) is 0 Å². The summed E-state index contributed by atoms with van der Waals surface area (Å²) in [4.78, 5) is 23.6. The SMILES string of the molecule is COC(=O)c1ccccc1NC(=O)COc1c(Cl)cccc1Cl. The molecule has 0 atom stereocenters. The van der Waals surface area contributed by atoms with Crippen LogP contribution in [0.3, 0.4) is 0 Å². The Morgan fingerprint density at radius 3 is 2.35 bits per heavy atom. The lowest BCUT2D eigenvalue weighted by atomic mass is 10.2. The van der Waals surface area contributed by atoms with Gasteiger partial charge in [-0.15, -0.1) is 0 Å². The molecule has 7 heteroatoms. The Morgan fingerprint density at radius 1 is 1.04 bits per heavy atom. The fraction of sp³-hybridized carbons (Fsp3) is 0.125. The van der Waals surface area contributed by atoms with Crippen molar-refractivity contribution in [2.45, 2.75) is 0 Å². The number of ether oxygens (including phenoxy) is 2. The van der Waals surface area contributed by atoms with Crippen LogP contribution in [0.4, 0.5) is 5.69 Å². The molecule has 0 unspecified atom stereocenters. The van der Waals surface area contributed by atoms with Crippen LogP contribution in [0.5, 0.6) is 5.75 Å². The van der Waals surface area contributed by atoms with E-state index in [9.17, 15) is 9.59 Å². The van der Waals surface area contributed by atoms with E-state index in [0.717, 1.165) is 0 Å². The molecule has 5 nitrogen and oxygen atoms in total. The molecule has 0 heterocycles. The van der Waals surface area contributed by atoms with Gasteiger partial charge >= 0.3 is 5.97 Å². The van der Waals surface area contributed by atoms with E-state index in [0.29, 0.717) is 15.7 Å². The number of halogens is 2. The first-order chi connectivity index (χ1) is 11.0. The smallest absolute Gasteiger partial charge is 0.339 e. The summed E-state index contributed by atoms with van der Waals surface area (Å²) in [7, 11) is 1.27. The fourth-order valence-corrected chi connectivity index (χ4v) is 2.33. The van der Waals surface area contributed by atoms with Crippen LogP contribution in [0.1, 0.15) is 10.4 Å². The molecular formula is C16H13Cl2NO4. The molecule has 0 saturated carbocycles. The lowest BCUT2D eigenvalue weighted by molar-refractivity contribution is -0.118. The second-order valence-electron chi connectivity index (χ2n) is 4.42. The second-order valence-corrected chi connectivity index (χ2v) is 5.24. The third-order valence-corrected chi connectivity index (χ3v) is 3.47. The van der Waals surface area contributed by atoms with Gasteiger partial charge in [-0.1, -0.05) is 41.4 Å². The Labute approximate surface area is 143 Å². The van der Waals surface area contributed by atoms with Crippen LogP contribution in [0.25, 0.3) is 0 Å². The minimum absolute atomic E-state index is 0.229. The summed E-state index contributed by atoms with van der Waals surface area (Å²) < 4.78 is 10.00. The summed E-state index contributed by atoms with van der Waals surface area (Å²) in [6.07, 6.45) is 0. The van der Waals surface area contributed by atoms with E-state index in [4.69, 9.17) is 27.9 Å². The van der Waals surface area contributed by atoms with Crippen molar-refractivity contribution in [3.05, 3.63) is 58.1 Å². The van der Waals surface area contributed by atoms with Crippen molar-refractivity contribution in [1.82, 2.24) is 0 Å². The largest absolute Gasteiger partial charge is 0.481 e. The Balaban J connectivity index is 2.05. The van der Waals surface area contributed by atoms with Crippen LogP contribution < -0.4 is 10.1 Å². The van der Waals surface area contributed by atoms with Crippen LogP contribution in [0, 0.1) is 0 Å². The van der Waals surface area contributed by atoms with Crippen LogP contribution in [0.15, 0.2) is 42.5 Å². The normalized spacial score (nSPS) is 10.0. The average Bonchev–Trinajstić information content (AvgIpc) is 2.54. The number of hydrogen-bond acceptors (Lipinski definition) is 4. The van der Waals surface area contributed by atoms with Crippen LogP contribution >= 0.6 is 23.2 Å². The molecule has 2 aromatic carbocycles. The number of amides is 1. The first-order valence-electron chi connectivity index (χ1n) is 6.57. The standard InChI is InChI=1S/C16H13Cl2NO4/c1-22-16(21)10-5-2-3-8-13(10)19-14(20)9-23-15-11(17)6-4-7-12(15)18/h2-8H,9H2,1H3,(H,19,20). The van der Waals surface area contributed by atoms with E-state index in [1.807, 2.05) is 0 Å². The molecule has 0 bridgehead atoms. The lowest BCUT2D eigenvalue weighted by Gasteiger charge is -2.11. The maximum atomic E-state index is 12.0. The topological polar surface area (TPSA) is 64.6 Å². The zero-order chi connectivity index (χ0) is 16.8. The molecule has 0 aliphatic carbocycles. The molecule has 2 aromatic rings. The number of anilines is 1. The summed E-state index contributed by atoms with van der Waals surface area (Å²) in [5.41, 5.74) is 0.581. The average molecular weight is 354 g/mol. The third kappa shape index (κ3) is 4.37. The highest BCUT2D eigenvalue weighted by Crippen LogP contribution is 2.32. The van der Waals surface area contributed by atoms with E-state index >= 15 is 0 Å². The quantitative estimate of drug-likeness (QED) is 0.830. The maximum absolute atomic E-state index is 12.0. The number of carbonyl (C=O) groups is 2. The van der Waals surface area contributed by atoms with Gasteiger partial charge in [0, 0.05) is 0 Å². The van der Waals surface area contributed by atoms with Crippen molar-refractivity contribution in [1.29, 1.82) is 0 Å². The Kier molecular flexibility index (Phi) is 5.84. The summed E-state index contributed by atoms with van der Waals surface area (Å²) in [5, 5.41) is 3.20. The molecule has 0 aliphatic rings. The number of esters is 1. The molecule has 0 fully saturated rings. The fourth-order valence-electron chi connectivity index (χ4n) is 1.82. The highest BCUT2D eigenvalue weighted by atomic mass is 35.5. The predicted molar refractivity (Wildman–Crippen MR) is 88.4 cm³/mol. The van der Waals surface area contributed by atoms with Crippen LogP contribution in [-0.2, 0) is 9.53 Å². The number of hydrogen-bond donors (Lipinski definition) is 1. The molecule has 0 spiro atoms. The van der Waals surface area contributed by atoms with Gasteiger partial charge in [-0.2, -0.15) is 0 Å². The molecule has 0 radical (unpaired) electrons. The molecule has 1 amide bonds. The molecule has 120 valence electrons. The monoisotopic (exact) mass is 353 g/mol. The summed E-state index contributed by atoms with van der Waals surface area (Å²) in [6.45, 7) is -0.307.